The lowest BCUT2D eigenvalue weighted by molar-refractivity contribution is -0.119. The first-order chi connectivity index (χ1) is 9.45. The molecule has 7 heteroatoms. The Balaban J connectivity index is 2.77. The maximum absolute atomic E-state index is 11.7. The van der Waals surface area contributed by atoms with Crippen LogP contribution >= 0.6 is 0 Å². The van der Waals surface area contributed by atoms with Crippen LogP contribution in [0, 0.1) is 0 Å². The molecule has 1 aromatic rings. The van der Waals surface area contributed by atoms with Crippen molar-refractivity contribution in [3.8, 4) is 5.88 Å². The van der Waals surface area contributed by atoms with Crippen LogP contribution in [0.1, 0.15) is 27.2 Å². The van der Waals surface area contributed by atoms with Crippen LogP contribution in [-0.2, 0) is 4.79 Å². The predicted molar refractivity (Wildman–Crippen MR) is 78.8 cm³/mol. The van der Waals surface area contributed by atoms with E-state index in [1.807, 2.05) is 20.8 Å². The molecule has 1 aromatic heterocycles. The highest BCUT2D eigenvalue weighted by Gasteiger charge is 2.16. The Hall–Kier alpha value is -2.05. The molecule has 1 rings (SSSR count). The molecule has 0 saturated heterocycles. The molecule has 0 aliphatic heterocycles. The van der Waals surface area contributed by atoms with Gasteiger partial charge in [-0.2, -0.15) is 4.98 Å². The topological polar surface area (TPSA) is 93.4 Å². The van der Waals surface area contributed by atoms with Crippen molar-refractivity contribution in [3.05, 3.63) is 6.33 Å². The van der Waals surface area contributed by atoms with E-state index in [-0.39, 0.29) is 18.6 Å². The third-order valence-corrected chi connectivity index (χ3v) is 2.49. The zero-order valence-corrected chi connectivity index (χ0v) is 12.5. The summed E-state index contributed by atoms with van der Waals surface area (Å²) in [6, 6.07) is 0. The number of carbonyl (C=O) groups excluding carboxylic acids is 1. The van der Waals surface area contributed by atoms with Gasteiger partial charge >= 0.3 is 0 Å². The second kappa shape index (κ2) is 7.52. The van der Waals surface area contributed by atoms with E-state index in [4.69, 9.17) is 10.5 Å². The first-order valence-corrected chi connectivity index (χ1v) is 6.70. The van der Waals surface area contributed by atoms with Gasteiger partial charge in [0.25, 0.3) is 0 Å². The molecule has 0 unspecified atom stereocenters. The van der Waals surface area contributed by atoms with Gasteiger partial charge in [-0.3, -0.25) is 4.79 Å². The number of carbonyl (C=O) groups is 1. The molecule has 0 aromatic carbocycles. The van der Waals surface area contributed by atoms with Crippen molar-refractivity contribution < 1.29 is 9.53 Å². The molecule has 20 heavy (non-hydrogen) atoms. The number of ether oxygens (including phenoxy) is 1. The van der Waals surface area contributed by atoms with Crippen molar-refractivity contribution >= 4 is 17.4 Å². The minimum Gasteiger partial charge on any atom is -0.473 e. The fourth-order valence-corrected chi connectivity index (χ4v) is 1.60. The number of nitrogens with two attached hydrogens (primary N) is 1. The van der Waals surface area contributed by atoms with E-state index in [0.29, 0.717) is 23.9 Å². The van der Waals surface area contributed by atoms with Gasteiger partial charge in [0.1, 0.15) is 12.0 Å². The van der Waals surface area contributed by atoms with Crippen LogP contribution in [0.15, 0.2) is 6.33 Å². The molecule has 1 amide bonds. The standard InChI is InChI=1S/C13H23N5O2/c1-5-6-15-10(19)7-18(4)12-11(14)13(17-8-16-12)20-9(2)3/h8-9H,5-7,14H2,1-4H3,(H,15,19). The van der Waals surface area contributed by atoms with Gasteiger partial charge in [0.2, 0.25) is 11.8 Å². The number of hydrogen-bond donors (Lipinski definition) is 2. The van der Waals surface area contributed by atoms with Crippen molar-refractivity contribution in [2.45, 2.75) is 33.3 Å². The van der Waals surface area contributed by atoms with Crippen molar-refractivity contribution in [2.24, 2.45) is 0 Å². The number of amides is 1. The van der Waals surface area contributed by atoms with Crippen LogP contribution in [-0.4, -0.2) is 42.1 Å². The van der Waals surface area contributed by atoms with Gasteiger partial charge in [0.15, 0.2) is 5.82 Å². The number of nitrogens with zero attached hydrogens (tertiary/aromatic N) is 3. The summed E-state index contributed by atoms with van der Waals surface area (Å²) in [6.07, 6.45) is 2.25. The third-order valence-electron chi connectivity index (χ3n) is 2.49. The third kappa shape index (κ3) is 4.56. The lowest BCUT2D eigenvalue weighted by Crippen LogP contribution is -2.36. The fourth-order valence-electron chi connectivity index (χ4n) is 1.60. The Labute approximate surface area is 119 Å². The number of anilines is 2. The molecule has 3 N–H and O–H groups in total. The molecule has 0 spiro atoms. The number of aromatic nitrogens is 2. The van der Waals surface area contributed by atoms with E-state index in [1.165, 1.54) is 6.33 Å². The predicted octanol–water partition coefficient (Wildman–Crippen LogP) is 0.808. The normalized spacial score (nSPS) is 10.4. The molecule has 0 fully saturated rings. The van der Waals surface area contributed by atoms with Crippen molar-refractivity contribution in [2.75, 3.05) is 30.8 Å². The summed E-state index contributed by atoms with van der Waals surface area (Å²) in [5.41, 5.74) is 6.32. The second-order valence-corrected chi connectivity index (χ2v) is 4.79. The molecular weight excluding hydrogens is 258 g/mol. The Morgan fingerprint density at radius 1 is 1.50 bits per heavy atom. The summed E-state index contributed by atoms with van der Waals surface area (Å²) in [7, 11) is 1.75. The zero-order valence-electron chi connectivity index (χ0n) is 12.5. The van der Waals surface area contributed by atoms with Gasteiger partial charge in [-0.15, -0.1) is 0 Å². The van der Waals surface area contributed by atoms with Gasteiger partial charge in [-0.1, -0.05) is 6.92 Å². The average Bonchev–Trinajstić information content (AvgIpc) is 2.38. The highest BCUT2D eigenvalue weighted by molar-refractivity contribution is 5.82. The molecule has 0 atom stereocenters. The van der Waals surface area contributed by atoms with E-state index >= 15 is 0 Å². The number of likely N-dealkylation sites (N-methyl/N-ethyl adjacent to an activating group) is 1. The number of nitrogens with one attached hydrogen (secondary N) is 1. The molecule has 0 bridgehead atoms. The Morgan fingerprint density at radius 2 is 2.20 bits per heavy atom. The summed E-state index contributed by atoms with van der Waals surface area (Å²) in [5, 5.41) is 2.80. The van der Waals surface area contributed by atoms with E-state index in [9.17, 15) is 4.79 Å². The van der Waals surface area contributed by atoms with Gasteiger partial charge in [-0.25, -0.2) is 4.98 Å². The first-order valence-electron chi connectivity index (χ1n) is 6.70. The molecule has 7 nitrogen and oxygen atoms in total. The zero-order chi connectivity index (χ0) is 15.1. The van der Waals surface area contributed by atoms with Gasteiger partial charge in [0.05, 0.1) is 12.6 Å². The summed E-state index contributed by atoms with van der Waals surface area (Å²) in [5.74, 6) is 0.756. The minimum absolute atomic E-state index is 0.0294. The van der Waals surface area contributed by atoms with Crippen LogP contribution in [0.3, 0.4) is 0 Å². The van der Waals surface area contributed by atoms with E-state index in [0.717, 1.165) is 6.42 Å². The van der Waals surface area contributed by atoms with Crippen LogP contribution in [0.5, 0.6) is 5.88 Å². The fraction of sp³-hybridized carbons (Fsp3) is 0.615. The summed E-state index contributed by atoms with van der Waals surface area (Å²) < 4.78 is 5.50. The molecule has 0 aliphatic carbocycles. The van der Waals surface area contributed by atoms with Crippen molar-refractivity contribution in [3.63, 3.8) is 0 Å². The number of nitrogen functional groups attached to an aromatic ring is 1. The lowest BCUT2D eigenvalue weighted by Gasteiger charge is -2.20. The smallest absolute Gasteiger partial charge is 0.242 e. The Kier molecular flexibility index (Phi) is 6.02. The van der Waals surface area contributed by atoms with E-state index in [2.05, 4.69) is 15.3 Å². The lowest BCUT2D eigenvalue weighted by atomic mass is 10.4. The van der Waals surface area contributed by atoms with Gasteiger partial charge in [0, 0.05) is 13.6 Å². The number of rotatable bonds is 7. The minimum atomic E-state index is -0.0707. The maximum Gasteiger partial charge on any atom is 0.242 e. The highest BCUT2D eigenvalue weighted by atomic mass is 16.5. The van der Waals surface area contributed by atoms with E-state index in [1.54, 1.807) is 11.9 Å². The van der Waals surface area contributed by atoms with Crippen LogP contribution < -0.4 is 20.7 Å². The SMILES string of the molecule is CCCNC(=O)CN(C)c1ncnc(OC(C)C)c1N. The number of hydrogen-bond acceptors (Lipinski definition) is 6. The van der Waals surface area contributed by atoms with Gasteiger partial charge < -0.3 is 20.7 Å². The summed E-state index contributed by atoms with van der Waals surface area (Å²) in [4.78, 5) is 21.5. The largest absolute Gasteiger partial charge is 0.473 e. The van der Waals surface area contributed by atoms with Crippen LogP contribution in [0.25, 0.3) is 0 Å². The summed E-state index contributed by atoms with van der Waals surface area (Å²) >= 11 is 0. The second-order valence-electron chi connectivity index (χ2n) is 4.79. The Bertz CT molecular complexity index is 450. The van der Waals surface area contributed by atoms with Crippen molar-refractivity contribution in [1.29, 1.82) is 0 Å². The van der Waals surface area contributed by atoms with Crippen LogP contribution in [0.4, 0.5) is 11.5 Å². The van der Waals surface area contributed by atoms with E-state index < -0.39 is 0 Å². The first kappa shape index (κ1) is 16.0. The summed E-state index contributed by atoms with van der Waals surface area (Å²) in [6.45, 7) is 6.63. The molecule has 0 saturated carbocycles. The quantitative estimate of drug-likeness (QED) is 0.768. The van der Waals surface area contributed by atoms with Crippen molar-refractivity contribution in [1.82, 2.24) is 15.3 Å². The monoisotopic (exact) mass is 281 g/mol. The molecular formula is C13H23N5O2. The molecule has 112 valence electrons. The van der Waals surface area contributed by atoms with Crippen LogP contribution in [0.2, 0.25) is 0 Å². The highest BCUT2D eigenvalue weighted by Crippen LogP contribution is 2.27. The average molecular weight is 281 g/mol. The molecule has 1 heterocycles. The maximum atomic E-state index is 11.7. The molecule has 0 radical (unpaired) electrons. The van der Waals surface area contributed by atoms with Gasteiger partial charge in [-0.05, 0) is 20.3 Å². The Morgan fingerprint density at radius 3 is 2.80 bits per heavy atom. The molecule has 0 aliphatic rings.